The van der Waals surface area contributed by atoms with E-state index < -0.39 is 0 Å². The molecule has 2 unspecified atom stereocenters. The molecule has 2 rings (SSSR count). The molecule has 2 atom stereocenters. The number of nitrogens with one attached hydrogen (secondary N) is 1. The lowest BCUT2D eigenvalue weighted by molar-refractivity contribution is -0.132. The number of carbonyl (C=O) groups excluding carboxylic acids is 1. The highest BCUT2D eigenvalue weighted by Gasteiger charge is 2.32. The molecule has 0 aliphatic carbocycles. The normalized spacial score (nSPS) is 31.2. The van der Waals surface area contributed by atoms with Gasteiger partial charge in [0.2, 0.25) is 5.91 Å². The highest BCUT2D eigenvalue weighted by molar-refractivity contribution is 5.83. The van der Waals surface area contributed by atoms with E-state index in [1.807, 2.05) is 11.9 Å². The highest BCUT2D eigenvalue weighted by Crippen LogP contribution is 2.14. The van der Waals surface area contributed by atoms with Crippen LogP contribution in [0.15, 0.2) is 0 Å². The molecule has 2 heterocycles. The van der Waals surface area contributed by atoms with Gasteiger partial charge >= 0.3 is 0 Å². The fourth-order valence-electron chi connectivity index (χ4n) is 2.61. The first-order chi connectivity index (χ1) is 8.24. The van der Waals surface area contributed by atoms with Gasteiger partial charge in [0.25, 0.3) is 0 Å². The van der Waals surface area contributed by atoms with Crippen molar-refractivity contribution in [3.05, 3.63) is 0 Å². The fraction of sp³-hybridized carbons (Fsp3) is 0.917. The zero-order valence-electron chi connectivity index (χ0n) is 10.8. The zero-order chi connectivity index (χ0) is 12.3. The average Bonchev–Trinajstić information content (AvgIpc) is 2.71. The Hall–Kier alpha value is -0.650. The standard InChI is InChI=1S/C12H23N3O2/c1-3-14-6-7-17-10(8-14)9-15-5-4-11(13-2)12(15)16/h10-11,13H,3-9H2,1-2H3. The second-order valence-corrected chi connectivity index (χ2v) is 4.80. The second-order valence-electron chi connectivity index (χ2n) is 4.80. The predicted octanol–water partition coefficient (Wildman–Crippen LogP) is -0.473. The lowest BCUT2D eigenvalue weighted by atomic mass is 10.2. The molecule has 17 heavy (non-hydrogen) atoms. The van der Waals surface area contributed by atoms with Gasteiger partial charge in [0, 0.05) is 26.2 Å². The van der Waals surface area contributed by atoms with Crippen LogP contribution in [0.25, 0.3) is 0 Å². The van der Waals surface area contributed by atoms with Gasteiger partial charge in [-0.3, -0.25) is 9.69 Å². The van der Waals surface area contributed by atoms with E-state index in [0.29, 0.717) is 0 Å². The van der Waals surface area contributed by atoms with Crippen LogP contribution in [0, 0.1) is 0 Å². The van der Waals surface area contributed by atoms with Gasteiger partial charge in [0.1, 0.15) is 0 Å². The zero-order valence-corrected chi connectivity index (χ0v) is 10.8. The van der Waals surface area contributed by atoms with Gasteiger partial charge in [-0.15, -0.1) is 0 Å². The van der Waals surface area contributed by atoms with Crippen molar-refractivity contribution < 1.29 is 9.53 Å². The molecule has 0 aromatic rings. The van der Waals surface area contributed by atoms with Crippen LogP contribution < -0.4 is 5.32 Å². The summed E-state index contributed by atoms with van der Waals surface area (Å²) >= 11 is 0. The molecule has 2 aliphatic heterocycles. The first-order valence-corrected chi connectivity index (χ1v) is 6.54. The first kappa shape index (κ1) is 12.8. The molecule has 1 N–H and O–H groups in total. The minimum Gasteiger partial charge on any atom is -0.374 e. The van der Waals surface area contributed by atoms with Crippen LogP contribution >= 0.6 is 0 Å². The number of amides is 1. The smallest absolute Gasteiger partial charge is 0.239 e. The first-order valence-electron chi connectivity index (χ1n) is 6.54. The van der Waals surface area contributed by atoms with Gasteiger partial charge < -0.3 is 15.0 Å². The Bertz CT molecular complexity index is 272. The molecule has 2 saturated heterocycles. The maximum absolute atomic E-state index is 12.0. The van der Waals surface area contributed by atoms with Crippen molar-refractivity contribution in [2.24, 2.45) is 0 Å². The monoisotopic (exact) mass is 241 g/mol. The van der Waals surface area contributed by atoms with Crippen LogP contribution in [0.5, 0.6) is 0 Å². The third-order valence-electron chi connectivity index (χ3n) is 3.74. The lowest BCUT2D eigenvalue weighted by Crippen LogP contribution is -2.48. The number of rotatable bonds is 4. The molecule has 5 nitrogen and oxygen atoms in total. The third kappa shape index (κ3) is 2.97. The number of nitrogens with zero attached hydrogens (tertiary/aromatic N) is 2. The molecule has 0 bridgehead atoms. The summed E-state index contributed by atoms with van der Waals surface area (Å²) in [5.41, 5.74) is 0. The summed E-state index contributed by atoms with van der Waals surface area (Å²) in [6, 6.07) is 0.0147. The summed E-state index contributed by atoms with van der Waals surface area (Å²) in [7, 11) is 1.85. The van der Waals surface area contributed by atoms with E-state index in [1.54, 1.807) is 0 Å². The van der Waals surface area contributed by atoms with E-state index >= 15 is 0 Å². The molecule has 2 aliphatic rings. The minimum absolute atomic E-state index is 0.0147. The van der Waals surface area contributed by atoms with Gasteiger partial charge in [-0.1, -0.05) is 6.92 Å². The number of carbonyl (C=O) groups is 1. The van der Waals surface area contributed by atoms with Gasteiger partial charge in [-0.2, -0.15) is 0 Å². The number of ether oxygens (including phenoxy) is 1. The van der Waals surface area contributed by atoms with Crippen molar-refractivity contribution in [1.82, 2.24) is 15.1 Å². The Balaban J connectivity index is 1.83. The summed E-state index contributed by atoms with van der Waals surface area (Å²) in [5, 5.41) is 3.06. The number of likely N-dealkylation sites (tertiary alicyclic amines) is 1. The van der Waals surface area contributed by atoms with E-state index in [0.717, 1.165) is 45.8 Å². The third-order valence-corrected chi connectivity index (χ3v) is 3.74. The SMILES string of the molecule is CCN1CCOC(CN2CCC(NC)C2=O)C1. The van der Waals surface area contributed by atoms with Crippen LogP contribution in [0.4, 0.5) is 0 Å². The predicted molar refractivity (Wildman–Crippen MR) is 65.9 cm³/mol. The van der Waals surface area contributed by atoms with E-state index in [9.17, 15) is 4.79 Å². The Morgan fingerprint density at radius 3 is 2.94 bits per heavy atom. The van der Waals surface area contributed by atoms with Crippen LogP contribution in [0.2, 0.25) is 0 Å². The topological polar surface area (TPSA) is 44.8 Å². The van der Waals surface area contributed by atoms with Crippen LogP contribution in [0.1, 0.15) is 13.3 Å². The van der Waals surface area contributed by atoms with Crippen molar-refractivity contribution in [3.8, 4) is 0 Å². The Labute approximate surface area is 103 Å². The van der Waals surface area contributed by atoms with Crippen molar-refractivity contribution in [2.45, 2.75) is 25.5 Å². The molecule has 0 saturated carbocycles. The van der Waals surface area contributed by atoms with Gasteiger partial charge in [0.15, 0.2) is 0 Å². The van der Waals surface area contributed by atoms with Gasteiger partial charge in [0.05, 0.1) is 18.8 Å². The van der Waals surface area contributed by atoms with Gasteiger partial charge in [-0.25, -0.2) is 0 Å². The molecule has 0 aromatic carbocycles. The quantitative estimate of drug-likeness (QED) is 0.722. The van der Waals surface area contributed by atoms with E-state index in [-0.39, 0.29) is 18.1 Å². The summed E-state index contributed by atoms with van der Waals surface area (Å²) < 4.78 is 5.73. The largest absolute Gasteiger partial charge is 0.374 e. The van der Waals surface area contributed by atoms with Crippen molar-refractivity contribution in [2.75, 3.05) is 46.4 Å². The Kier molecular flexibility index (Phi) is 4.36. The molecule has 2 fully saturated rings. The maximum Gasteiger partial charge on any atom is 0.239 e. The highest BCUT2D eigenvalue weighted by atomic mass is 16.5. The molecule has 98 valence electrons. The maximum atomic E-state index is 12.0. The Morgan fingerprint density at radius 1 is 1.47 bits per heavy atom. The molecular formula is C12H23N3O2. The molecule has 0 spiro atoms. The summed E-state index contributed by atoms with van der Waals surface area (Å²) in [6.45, 7) is 7.58. The fourth-order valence-corrected chi connectivity index (χ4v) is 2.61. The van der Waals surface area contributed by atoms with Crippen molar-refractivity contribution >= 4 is 5.91 Å². The summed E-state index contributed by atoms with van der Waals surface area (Å²) in [5.74, 6) is 0.227. The second kappa shape index (κ2) is 5.80. The van der Waals surface area contributed by atoms with E-state index in [4.69, 9.17) is 4.74 Å². The molecule has 1 amide bonds. The molecule has 0 radical (unpaired) electrons. The van der Waals surface area contributed by atoms with Crippen LogP contribution in [-0.4, -0.2) is 74.2 Å². The number of hydrogen-bond acceptors (Lipinski definition) is 4. The number of morpholine rings is 1. The lowest BCUT2D eigenvalue weighted by Gasteiger charge is -2.34. The van der Waals surface area contributed by atoms with Gasteiger partial charge in [-0.05, 0) is 20.0 Å². The average molecular weight is 241 g/mol. The van der Waals surface area contributed by atoms with Crippen LogP contribution in [-0.2, 0) is 9.53 Å². The number of hydrogen-bond donors (Lipinski definition) is 1. The number of likely N-dealkylation sites (N-methyl/N-ethyl adjacent to an activating group) is 2. The van der Waals surface area contributed by atoms with E-state index in [2.05, 4.69) is 17.1 Å². The molecule has 5 heteroatoms. The molecular weight excluding hydrogens is 218 g/mol. The Morgan fingerprint density at radius 2 is 2.29 bits per heavy atom. The van der Waals surface area contributed by atoms with Crippen molar-refractivity contribution in [1.29, 1.82) is 0 Å². The summed E-state index contributed by atoms with van der Waals surface area (Å²) in [4.78, 5) is 16.3. The van der Waals surface area contributed by atoms with Crippen molar-refractivity contribution in [3.63, 3.8) is 0 Å². The van der Waals surface area contributed by atoms with E-state index in [1.165, 1.54) is 0 Å². The van der Waals surface area contributed by atoms with Crippen LogP contribution in [0.3, 0.4) is 0 Å². The summed E-state index contributed by atoms with van der Waals surface area (Å²) in [6.07, 6.45) is 1.10. The minimum atomic E-state index is 0.0147. The molecule has 0 aromatic heterocycles.